The van der Waals surface area contributed by atoms with Crippen molar-refractivity contribution >= 4 is 87.9 Å². The molecule has 1 aromatic carbocycles. The van der Waals surface area contributed by atoms with Crippen molar-refractivity contribution in [2.45, 2.75) is 177 Å². The van der Waals surface area contributed by atoms with Crippen LogP contribution < -0.4 is 0 Å². The van der Waals surface area contributed by atoms with Gasteiger partial charge >= 0.3 is 0 Å². The molecule has 0 bridgehead atoms. The normalized spacial score (nSPS) is 42.9. The zero-order chi connectivity index (χ0) is 47.7. The topological polar surface area (TPSA) is 217 Å². The summed E-state index contributed by atoms with van der Waals surface area (Å²) in [5.41, 5.74) is -0.0127. The van der Waals surface area contributed by atoms with Gasteiger partial charge in [-0.2, -0.15) is 23.5 Å². The molecule has 20 unspecified atom stereocenters. The Balaban J connectivity index is 0.932. The van der Waals surface area contributed by atoms with E-state index in [1.165, 1.54) is 35.3 Å². The van der Waals surface area contributed by atoms with Crippen molar-refractivity contribution in [2.24, 2.45) is 5.92 Å². The van der Waals surface area contributed by atoms with Gasteiger partial charge in [-0.25, -0.2) is 0 Å². The van der Waals surface area contributed by atoms with E-state index in [9.17, 15) is 39.9 Å². The Morgan fingerprint density at radius 1 is 0.662 bits per heavy atom. The highest BCUT2D eigenvalue weighted by Crippen LogP contribution is 2.55. The molecule has 3 fully saturated rings. The number of Topliss-reactive ketones (excluding diaryl/α,β-unsaturated/α-hetero) is 3. The van der Waals surface area contributed by atoms with Gasteiger partial charge in [-0.05, 0) is 56.6 Å². The average molecular weight is 1060 g/mol. The van der Waals surface area contributed by atoms with Crippen LogP contribution in [0.15, 0.2) is 62.3 Å². The third-order valence-corrected chi connectivity index (χ3v) is 22.0. The van der Waals surface area contributed by atoms with Gasteiger partial charge in [-0.3, -0.25) is 14.4 Å². The number of aliphatic hydroxyl groups excluding tert-OH is 5. The van der Waals surface area contributed by atoms with E-state index in [0.29, 0.717) is 52.8 Å². The maximum atomic E-state index is 14.8. The van der Waals surface area contributed by atoms with E-state index in [0.717, 1.165) is 28.8 Å². The molecule has 20 atom stereocenters. The van der Waals surface area contributed by atoms with E-state index in [-0.39, 0.29) is 45.6 Å². The maximum Gasteiger partial charge on any atom is 0.214 e. The van der Waals surface area contributed by atoms with Crippen molar-refractivity contribution in [1.29, 1.82) is 0 Å². The number of aliphatic hydroxyl groups is 5. The highest BCUT2D eigenvalue weighted by Gasteiger charge is 2.57. The SMILES string of the molecule is CCSC1CCC2=C(SC3C(O2)OC(C)C(OC(SC2CC(CC4OC5OC6=C(SC5C(O)C4O)C(=O)CCC6SCC)C(=O)C4=C2OC2OC(C)C(O)C(O)C2S4)c2ccccc2)C3O)C1=O. The van der Waals surface area contributed by atoms with Gasteiger partial charge in [-0.15, -0.1) is 47.0 Å². The first-order valence-corrected chi connectivity index (χ1v) is 29.2. The van der Waals surface area contributed by atoms with Gasteiger partial charge in [0.25, 0.3) is 0 Å². The minimum atomic E-state index is -1.42. The molecule has 0 saturated carbocycles. The van der Waals surface area contributed by atoms with Gasteiger partial charge in [-0.1, -0.05) is 44.2 Å². The number of benzene rings is 1. The molecule has 0 aromatic heterocycles. The third-order valence-electron chi connectivity index (χ3n) is 14.0. The van der Waals surface area contributed by atoms with Crippen molar-refractivity contribution in [3.63, 3.8) is 0 Å². The zero-order valence-electron chi connectivity index (χ0n) is 37.9. The molecule has 9 aliphatic rings. The molecule has 372 valence electrons. The van der Waals surface area contributed by atoms with Gasteiger partial charge < -0.3 is 58.7 Å². The Morgan fingerprint density at radius 2 is 1.26 bits per heavy atom. The van der Waals surface area contributed by atoms with Crippen LogP contribution in [0.25, 0.3) is 0 Å². The van der Waals surface area contributed by atoms with E-state index in [2.05, 4.69) is 0 Å². The molecule has 15 nitrogen and oxygen atoms in total. The lowest BCUT2D eigenvalue weighted by atomic mass is 9.84. The molecule has 21 heteroatoms. The molecule has 5 N–H and O–H groups in total. The first kappa shape index (κ1) is 50.1. The summed E-state index contributed by atoms with van der Waals surface area (Å²) in [5.74, 6) is 1.97. The van der Waals surface area contributed by atoms with Crippen molar-refractivity contribution in [3.05, 3.63) is 67.9 Å². The maximum absolute atomic E-state index is 14.8. The number of rotatable bonds is 11. The summed E-state index contributed by atoms with van der Waals surface area (Å²) in [4.78, 5) is 42.7. The first-order valence-electron chi connectivity index (χ1n) is 23.5. The van der Waals surface area contributed by atoms with Gasteiger partial charge in [0.15, 0.2) is 17.3 Å². The Bertz CT molecular complexity index is 2200. The molecule has 0 radical (unpaired) electrons. The standard InChI is InChI=1S/C47H58O15S6/c1-5-63-25-15-13-23-39(31(25)52)67-43-34(55)35(19(4)57-44(43)58-23)62-47(20-10-8-7-9-11-20)65-27-17-21(29(50)40-37(27)61-45-41(68-40)32(53)28(49)18(3)56-45)16-24-30(51)33(54)42-46(59-24)60-36-26(64-6-2)14-12-22(48)38(36)66-42/h7-11,18-19,21,24-28,30,32-35,41-47,49,51,53-55H,5-6,12-17H2,1-4H3. The number of hydrogen-bond acceptors (Lipinski definition) is 21. The van der Waals surface area contributed by atoms with Crippen LogP contribution in [0.4, 0.5) is 0 Å². The van der Waals surface area contributed by atoms with E-state index in [4.69, 9.17) is 33.2 Å². The van der Waals surface area contributed by atoms with Crippen molar-refractivity contribution in [2.75, 3.05) is 11.5 Å². The van der Waals surface area contributed by atoms with Gasteiger partial charge in [0.2, 0.25) is 18.9 Å². The fraction of sp³-hybridized carbons (Fsp3) is 0.681. The van der Waals surface area contributed by atoms with E-state index in [1.807, 2.05) is 51.1 Å². The molecule has 3 aliphatic carbocycles. The van der Waals surface area contributed by atoms with E-state index in [1.54, 1.807) is 30.4 Å². The number of allylic oxidation sites excluding steroid dienone is 4. The fourth-order valence-corrected chi connectivity index (χ4v) is 18.1. The second-order valence-corrected chi connectivity index (χ2v) is 26.2. The Kier molecular flexibility index (Phi) is 15.4. The Morgan fingerprint density at radius 3 is 2.00 bits per heavy atom. The van der Waals surface area contributed by atoms with Gasteiger partial charge in [0, 0.05) is 18.8 Å². The lowest BCUT2D eigenvalue weighted by Crippen LogP contribution is -2.59. The predicted molar refractivity (Wildman–Crippen MR) is 261 cm³/mol. The van der Waals surface area contributed by atoms with Crippen LogP contribution in [0, 0.1) is 5.92 Å². The lowest BCUT2D eigenvalue weighted by molar-refractivity contribution is -0.244. The molecule has 0 amide bonds. The fourth-order valence-electron chi connectivity index (χ4n) is 10.4. The van der Waals surface area contributed by atoms with Crippen LogP contribution in [0.3, 0.4) is 0 Å². The summed E-state index contributed by atoms with van der Waals surface area (Å²) in [6.07, 6.45) is -9.96. The Hall–Kier alpha value is -1.41. The summed E-state index contributed by atoms with van der Waals surface area (Å²) in [7, 11) is 0. The van der Waals surface area contributed by atoms with Crippen LogP contribution in [0.2, 0.25) is 0 Å². The number of carbonyl (C=O) groups is 3. The van der Waals surface area contributed by atoms with Gasteiger partial charge in [0.1, 0.15) is 75.1 Å². The molecular weight excluding hydrogens is 997 g/mol. The van der Waals surface area contributed by atoms with Crippen LogP contribution in [0.5, 0.6) is 0 Å². The first-order chi connectivity index (χ1) is 32.7. The van der Waals surface area contributed by atoms with Crippen LogP contribution in [-0.2, 0) is 47.5 Å². The van der Waals surface area contributed by atoms with Crippen molar-refractivity contribution < 1.29 is 73.1 Å². The number of thioether (sulfide) groups is 6. The molecule has 6 heterocycles. The molecule has 68 heavy (non-hydrogen) atoms. The summed E-state index contributed by atoms with van der Waals surface area (Å²) in [5, 5.41) is 54.5. The minimum absolute atomic E-state index is 0.00890. The predicted octanol–water partition coefficient (Wildman–Crippen LogP) is 5.17. The number of hydrogen-bond donors (Lipinski definition) is 5. The van der Waals surface area contributed by atoms with Crippen molar-refractivity contribution in [3.8, 4) is 0 Å². The van der Waals surface area contributed by atoms with Gasteiger partial charge in [0.05, 0.1) is 48.8 Å². The smallest absolute Gasteiger partial charge is 0.214 e. The minimum Gasteiger partial charge on any atom is -0.467 e. The quantitative estimate of drug-likeness (QED) is 0.181. The second-order valence-electron chi connectivity index (χ2n) is 18.4. The highest BCUT2D eigenvalue weighted by molar-refractivity contribution is 8.06. The molecule has 6 aliphatic heterocycles. The van der Waals surface area contributed by atoms with Crippen molar-refractivity contribution in [1.82, 2.24) is 0 Å². The van der Waals surface area contributed by atoms with Crippen LogP contribution in [-0.4, -0.2) is 160 Å². The number of carbonyl (C=O) groups excluding carboxylic acids is 3. The molecule has 0 spiro atoms. The summed E-state index contributed by atoms with van der Waals surface area (Å²) >= 11 is 8.25. The van der Waals surface area contributed by atoms with Crippen LogP contribution in [0.1, 0.15) is 77.2 Å². The van der Waals surface area contributed by atoms with E-state index >= 15 is 0 Å². The zero-order valence-corrected chi connectivity index (χ0v) is 42.8. The average Bonchev–Trinajstić information content (AvgIpc) is 3.33. The summed E-state index contributed by atoms with van der Waals surface area (Å²) in [6, 6.07) is 9.48. The second kappa shape index (κ2) is 20.8. The highest BCUT2D eigenvalue weighted by atomic mass is 32.2. The monoisotopic (exact) mass is 1050 g/mol. The van der Waals surface area contributed by atoms with E-state index < -0.39 is 106 Å². The number of ether oxygens (including phenoxy) is 7. The third kappa shape index (κ3) is 9.41. The molecular formula is C47H58O15S6. The largest absolute Gasteiger partial charge is 0.467 e. The van der Waals surface area contributed by atoms with Crippen LogP contribution >= 0.6 is 70.6 Å². The molecule has 3 saturated heterocycles. The molecule has 1 aromatic rings. The summed E-state index contributed by atoms with van der Waals surface area (Å²) < 4.78 is 45.3. The molecule has 10 rings (SSSR count). The lowest BCUT2D eigenvalue weighted by Gasteiger charge is -2.49. The summed E-state index contributed by atoms with van der Waals surface area (Å²) in [6.45, 7) is 7.54. The Labute approximate surface area is 420 Å². The number of fused-ring (bicyclic) bond motifs is 3. The number of ketones is 3.